The van der Waals surface area contributed by atoms with Gasteiger partial charge in [0.25, 0.3) is 0 Å². The number of rotatable bonds is 6. The van der Waals surface area contributed by atoms with Crippen molar-refractivity contribution in [1.82, 2.24) is 14.5 Å². The molecule has 1 aliphatic rings. The summed E-state index contributed by atoms with van der Waals surface area (Å²) in [6.45, 7) is 12.5. The minimum Gasteiger partial charge on any atom is -0.379 e. The van der Waals surface area contributed by atoms with Gasteiger partial charge in [0.15, 0.2) is 0 Å². The quantitative estimate of drug-likeness (QED) is 0.853. The lowest BCUT2D eigenvalue weighted by atomic mass is 10.2. The van der Waals surface area contributed by atoms with Gasteiger partial charge in [-0.05, 0) is 12.8 Å². The van der Waals surface area contributed by atoms with E-state index in [0.29, 0.717) is 12.0 Å². The van der Waals surface area contributed by atoms with E-state index >= 15 is 0 Å². The normalized spacial score (nSPS) is 18.7. The van der Waals surface area contributed by atoms with Crippen molar-refractivity contribution in [1.29, 1.82) is 0 Å². The van der Waals surface area contributed by atoms with Crippen LogP contribution in [0, 0.1) is 5.92 Å². The monoisotopic (exact) mass is 266 g/mol. The number of aromatic nitrogens is 2. The Kier molecular flexibility index (Phi) is 5.22. The van der Waals surface area contributed by atoms with Crippen molar-refractivity contribution in [3.05, 3.63) is 12.4 Å². The molecular formula is C14H26N4O. The zero-order chi connectivity index (χ0) is 13.7. The maximum absolute atomic E-state index is 5.39. The van der Waals surface area contributed by atoms with Gasteiger partial charge >= 0.3 is 0 Å². The highest BCUT2D eigenvalue weighted by atomic mass is 16.5. The molecule has 5 heteroatoms. The number of hydrogen-bond donors (Lipinski definition) is 1. The Bertz CT molecular complexity index is 371. The van der Waals surface area contributed by atoms with Crippen molar-refractivity contribution in [2.75, 3.05) is 44.7 Å². The molecule has 19 heavy (non-hydrogen) atoms. The van der Waals surface area contributed by atoms with Crippen LogP contribution in [0.15, 0.2) is 12.4 Å². The number of nitrogens with zero attached hydrogens (tertiary/aromatic N) is 3. The van der Waals surface area contributed by atoms with Crippen LogP contribution in [-0.4, -0.2) is 53.8 Å². The lowest BCUT2D eigenvalue weighted by Gasteiger charge is -2.30. The highest BCUT2D eigenvalue weighted by molar-refractivity contribution is 5.26. The van der Waals surface area contributed by atoms with Gasteiger partial charge < -0.3 is 14.6 Å². The third-order valence-electron chi connectivity index (χ3n) is 3.44. The molecule has 1 atom stereocenters. The van der Waals surface area contributed by atoms with Crippen LogP contribution in [0.25, 0.3) is 0 Å². The van der Waals surface area contributed by atoms with Crippen molar-refractivity contribution in [2.24, 2.45) is 5.92 Å². The maximum Gasteiger partial charge on any atom is 0.203 e. The molecule has 0 spiro atoms. The predicted molar refractivity (Wildman–Crippen MR) is 77.5 cm³/mol. The van der Waals surface area contributed by atoms with Gasteiger partial charge in [-0.2, -0.15) is 0 Å². The van der Waals surface area contributed by atoms with Gasteiger partial charge in [-0.15, -0.1) is 0 Å². The standard InChI is InChI=1S/C14H26N4O/c1-12(2)10-16-14-15-4-5-18(14)13(3)11-17-6-8-19-9-7-17/h4-5,12-13H,6-11H2,1-3H3,(H,15,16). The molecule has 1 N–H and O–H groups in total. The first-order valence-electron chi connectivity index (χ1n) is 7.23. The van der Waals surface area contributed by atoms with E-state index in [1.807, 2.05) is 6.20 Å². The van der Waals surface area contributed by atoms with E-state index < -0.39 is 0 Å². The summed E-state index contributed by atoms with van der Waals surface area (Å²) in [6, 6.07) is 0.426. The first-order valence-corrected chi connectivity index (χ1v) is 7.23. The fraction of sp³-hybridized carbons (Fsp3) is 0.786. The molecule has 0 amide bonds. The third-order valence-corrected chi connectivity index (χ3v) is 3.44. The van der Waals surface area contributed by atoms with Crippen LogP contribution >= 0.6 is 0 Å². The molecule has 1 aliphatic heterocycles. The number of anilines is 1. The molecule has 1 unspecified atom stereocenters. The van der Waals surface area contributed by atoms with Crippen molar-refractivity contribution < 1.29 is 4.74 Å². The Morgan fingerprint density at radius 2 is 2.05 bits per heavy atom. The van der Waals surface area contributed by atoms with Crippen molar-refractivity contribution >= 4 is 5.95 Å². The number of ether oxygens (including phenoxy) is 1. The molecule has 2 heterocycles. The fourth-order valence-electron chi connectivity index (χ4n) is 2.35. The summed E-state index contributed by atoms with van der Waals surface area (Å²) in [5.74, 6) is 1.61. The largest absolute Gasteiger partial charge is 0.379 e. The van der Waals surface area contributed by atoms with E-state index in [0.717, 1.165) is 45.3 Å². The second kappa shape index (κ2) is 6.91. The Morgan fingerprint density at radius 1 is 1.32 bits per heavy atom. The van der Waals surface area contributed by atoms with Gasteiger partial charge in [0.05, 0.1) is 13.2 Å². The molecule has 0 aromatic carbocycles. The highest BCUT2D eigenvalue weighted by Crippen LogP contribution is 2.15. The van der Waals surface area contributed by atoms with Gasteiger partial charge in [0.2, 0.25) is 5.95 Å². The predicted octanol–water partition coefficient (Wildman–Crippen LogP) is 1.84. The van der Waals surface area contributed by atoms with Crippen LogP contribution in [-0.2, 0) is 4.74 Å². The number of imidazole rings is 1. The highest BCUT2D eigenvalue weighted by Gasteiger charge is 2.16. The van der Waals surface area contributed by atoms with Gasteiger partial charge in [-0.25, -0.2) is 4.98 Å². The Hall–Kier alpha value is -1.07. The number of hydrogen-bond acceptors (Lipinski definition) is 4. The zero-order valence-corrected chi connectivity index (χ0v) is 12.3. The van der Waals surface area contributed by atoms with Crippen molar-refractivity contribution in [3.63, 3.8) is 0 Å². The number of nitrogens with one attached hydrogen (secondary N) is 1. The summed E-state index contributed by atoms with van der Waals surface area (Å²) in [4.78, 5) is 6.87. The van der Waals surface area contributed by atoms with Crippen LogP contribution in [0.4, 0.5) is 5.95 Å². The molecule has 0 saturated carbocycles. The molecule has 0 radical (unpaired) electrons. The zero-order valence-electron chi connectivity index (χ0n) is 12.3. The molecule has 2 rings (SSSR count). The van der Waals surface area contributed by atoms with E-state index in [9.17, 15) is 0 Å². The lowest BCUT2D eigenvalue weighted by Crippen LogP contribution is -2.39. The van der Waals surface area contributed by atoms with E-state index in [2.05, 4.69) is 46.7 Å². The van der Waals surface area contributed by atoms with E-state index in [1.54, 1.807) is 0 Å². The van der Waals surface area contributed by atoms with Gasteiger partial charge in [0, 0.05) is 44.6 Å². The van der Waals surface area contributed by atoms with E-state index in [-0.39, 0.29) is 0 Å². The third kappa shape index (κ3) is 4.21. The molecule has 108 valence electrons. The molecule has 5 nitrogen and oxygen atoms in total. The van der Waals surface area contributed by atoms with Crippen LogP contribution in [0.3, 0.4) is 0 Å². The summed E-state index contributed by atoms with van der Waals surface area (Å²) >= 11 is 0. The molecule has 0 aliphatic carbocycles. The minimum atomic E-state index is 0.426. The van der Waals surface area contributed by atoms with Crippen LogP contribution in [0.2, 0.25) is 0 Å². The summed E-state index contributed by atoms with van der Waals surface area (Å²) < 4.78 is 7.62. The van der Waals surface area contributed by atoms with Crippen LogP contribution in [0.1, 0.15) is 26.8 Å². The first-order chi connectivity index (χ1) is 9.16. The van der Waals surface area contributed by atoms with E-state index in [4.69, 9.17) is 4.74 Å². The maximum atomic E-state index is 5.39. The van der Waals surface area contributed by atoms with E-state index in [1.165, 1.54) is 0 Å². The summed E-state index contributed by atoms with van der Waals surface area (Å²) in [6.07, 6.45) is 3.94. The van der Waals surface area contributed by atoms with Gasteiger partial charge in [-0.1, -0.05) is 13.8 Å². The molecule has 1 fully saturated rings. The topological polar surface area (TPSA) is 42.3 Å². The lowest BCUT2D eigenvalue weighted by molar-refractivity contribution is 0.0326. The fourth-order valence-corrected chi connectivity index (χ4v) is 2.35. The molecule has 1 aromatic heterocycles. The Morgan fingerprint density at radius 3 is 2.74 bits per heavy atom. The average Bonchev–Trinajstić information content (AvgIpc) is 2.86. The van der Waals surface area contributed by atoms with Gasteiger partial charge in [0.1, 0.15) is 0 Å². The van der Waals surface area contributed by atoms with Crippen molar-refractivity contribution in [2.45, 2.75) is 26.8 Å². The molecule has 1 aromatic rings. The summed E-state index contributed by atoms with van der Waals surface area (Å²) in [7, 11) is 0. The minimum absolute atomic E-state index is 0.426. The Balaban J connectivity index is 1.90. The second-order valence-corrected chi connectivity index (χ2v) is 5.69. The summed E-state index contributed by atoms with van der Waals surface area (Å²) in [5.41, 5.74) is 0. The number of morpholine rings is 1. The SMILES string of the molecule is CC(C)CNc1nccn1C(C)CN1CCOCC1. The van der Waals surface area contributed by atoms with Crippen LogP contribution in [0.5, 0.6) is 0 Å². The average molecular weight is 266 g/mol. The smallest absolute Gasteiger partial charge is 0.203 e. The summed E-state index contributed by atoms with van der Waals surface area (Å²) in [5, 5.41) is 3.42. The first kappa shape index (κ1) is 14.3. The van der Waals surface area contributed by atoms with Gasteiger partial charge in [-0.3, -0.25) is 4.90 Å². The molecule has 1 saturated heterocycles. The second-order valence-electron chi connectivity index (χ2n) is 5.69. The molecular weight excluding hydrogens is 240 g/mol. The van der Waals surface area contributed by atoms with Crippen molar-refractivity contribution in [3.8, 4) is 0 Å². The molecule has 0 bridgehead atoms. The van der Waals surface area contributed by atoms with Crippen LogP contribution < -0.4 is 5.32 Å². The Labute approximate surface area is 116 Å².